The number of aromatic nitrogens is 4. The Bertz CT molecular complexity index is 1220. The first-order valence-electron chi connectivity index (χ1n) is 7.72. The molecule has 2 aromatic heterocycles. The molecule has 0 saturated heterocycles. The summed E-state index contributed by atoms with van der Waals surface area (Å²) in [6.45, 7) is 0. The lowest BCUT2D eigenvalue weighted by Crippen LogP contribution is -2.38. The first-order chi connectivity index (χ1) is 13.0. The van der Waals surface area contributed by atoms with E-state index in [4.69, 9.17) is 0 Å². The quantitative estimate of drug-likeness (QED) is 0.380. The molecule has 2 heterocycles. The largest absolute Gasteiger partial charge is 0.506 e. The molecule has 0 unspecified atom stereocenters. The number of aryl methyl sites for hydroxylation is 1. The Morgan fingerprint density at radius 2 is 2.00 bits per heavy atom. The van der Waals surface area contributed by atoms with E-state index in [1.54, 1.807) is 59.0 Å². The molecule has 8 nitrogen and oxygen atoms in total. The molecule has 0 aliphatic heterocycles. The van der Waals surface area contributed by atoms with E-state index < -0.39 is 10.0 Å². The fraction of sp³-hybridized carbons (Fsp3) is 0.0625. The summed E-state index contributed by atoms with van der Waals surface area (Å²) in [5.74, 6) is 0.0587. The standard InChI is InChI=1S/C16H13N5O3S3/c1-20-19-17-10-21(20)26-14-9-13(11-5-2-3-6-12(11)16(14)22)18-27(23,24)15-7-4-8-25-15/h2-10,19H,1H3/p+1. The number of tetrazole rings is 1. The van der Waals surface area contributed by atoms with E-state index in [0.29, 0.717) is 21.4 Å². The minimum Gasteiger partial charge on any atom is -0.506 e. The summed E-state index contributed by atoms with van der Waals surface area (Å²) in [6, 6.07) is 11.9. The Morgan fingerprint density at radius 3 is 2.67 bits per heavy atom. The van der Waals surface area contributed by atoms with Crippen molar-refractivity contribution >= 4 is 49.8 Å². The van der Waals surface area contributed by atoms with Gasteiger partial charge in [-0.15, -0.1) is 11.3 Å². The van der Waals surface area contributed by atoms with Gasteiger partial charge in [-0.3, -0.25) is 4.72 Å². The number of benzene rings is 2. The Morgan fingerprint density at radius 1 is 1.22 bits per heavy atom. The van der Waals surface area contributed by atoms with Crippen LogP contribution >= 0.6 is 23.3 Å². The zero-order chi connectivity index (χ0) is 19.0. The summed E-state index contributed by atoms with van der Waals surface area (Å²) >= 11 is 2.31. The maximum absolute atomic E-state index is 12.7. The molecular weight excluding hydrogens is 406 g/mol. The minimum atomic E-state index is -3.72. The maximum Gasteiger partial charge on any atom is 0.284 e. The summed E-state index contributed by atoms with van der Waals surface area (Å²) < 4.78 is 29.8. The van der Waals surface area contributed by atoms with Crippen LogP contribution in [0.4, 0.5) is 5.69 Å². The summed E-state index contributed by atoms with van der Waals surface area (Å²) in [7, 11) is -2.01. The van der Waals surface area contributed by atoms with Gasteiger partial charge >= 0.3 is 0 Å². The number of aromatic hydroxyl groups is 1. The fourth-order valence-electron chi connectivity index (χ4n) is 2.54. The molecule has 0 saturated carbocycles. The van der Waals surface area contributed by atoms with Crippen molar-refractivity contribution in [3.05, 3.63) is 54.2 Å². The third kappa shape index (κ3) is 3.36. The summed E-state index contributed by atoms with van der Waals surface area (Å²) in [5, 5.41) is 21.2. The number of nitrogens with one attached hydrogen (secondary N) is 1. The van der Waals surface area contributed by atoms with Gasteiger partial charge < -0.3 is 5.11 Å². The molecule has 27 heavy (non-hydrogen) atoms. The van der Waals surface area contributed by atoms with Gasteiger partial charge in [-0.05, 0) is 22.3 Å². The number of hydrogen-bond donors (Lipinski definition) is 2. The van der Waals surface area contributed by atoms with Crippen LogP contribution in [0.2, 0.25) is 0 Å². The van der Waals surface area contributed by atoms with Crippen LogP contribution in [0.15, 0.2) is 63.3 Å². The molecule has 4 rings (SSSR count). The molecule has 2 aromatic carbocycles. The van der Waals surface area contributed by atoms with Crippen LogP contribution < -0.4 is 9.52 Å². The average Bonchev–Trinajstić information content (AvgIpc) is 3.32. The van der Waals surface area contributed by atoms with E-state index in [0.717, 1.165) is 11.3 Å². The molecule has 11 heteroatoms. The molecule has 0 radical (unpaired) electrons. The molecular formula is C16H14N5O3S3+. The number of phenolic OH excluding ortho intramolecular Hbond substituents is 1. The Balaban J connectivity index is 1.84. The van der Waals surface area contributed by atoms with Gasteiger partial charge in [0.2, 0.25) is 0 Å². The second kappa shape index (κ2) is 6.83. The van der Waals surface area contributed by atoms with E-state index in [9.17, 15) is 13.5 Å². The predicted octanol–water partition coefficient (Wildman–Crippen LogP) is 2.38. The average molecular weight is 421 g/mol. The van der Waals surface area contributed by atoms with Crippen molar-refractivity contribution in [2.75, 3.05) is 4.72 Å². The van der Waals surface area contributed by atoms with Gasteiger partial charge in [0.15, 0.2) is 5.21 Å². The number of sulfonamides is 1. The van der Waals surface area contributed by atoms with Crippen LogP contribution in [0.1, 0.15) is 0 Å². The van der Waals surface area contributed by atoms with Crippen molar-refractivity contribution in [2.24, 2.45) is 7.05 Å². The zero-order valence-corrected chi connectivity index (χ0v) is 16.4. The predicted molar refractivity (Wildman–Crippen MR) is 103 cm³/mol. The Labute approximate surface area is 163 Å². The number of fused-ring (bicyclic) bond motifs is 1. The molecule has 4 aromatic rings. The van der Waals surface area contributed by atoms with Crippen molar-refractivity contribution in [3.8, 4) is 5.75 Å². The van der Waals surface area contributed by atoms with Gasteiger partial charge in [0.25, 0.3) is 16.4 Å². The number of nitrogens with zero attached hydrogens (tertiary/aromatic N) is 4. The SMILES string of the molecule is C[n+]1nncn1Sc1cc(NS(=O)(=O)c2cccs2)c2ccccc2c1O. The highest BCUT2D eigenvalue weighted by atomic mass is 32.2. The molecule has 0 bridgehead atoms. The molecule has 2 N–H and O–H groups in total. The number of phenols is 1. The van der Waals surface area contributed by atoms with E-state index in [-0.39, 0.29) is 9.96 Å². The van der Waals surface area contributed by atoms with Gasteiger partial charge in [-0.1, -0.05) is 34.4 Å². The van der Waals surface area contributed by atoms with Gasteiger partial charge in [0.1, 0.15) is 17.0 Å². The van der Waals surface area contributed by atoms with Crippen molar-refractivity contribution in [1.29, 1.82) is 0 Å². The molecule has 0 aliphatic rings. The highest BCUT2D eigenvalue weighted by Crippen LogP contribution is 2.40. The van der Waals surface area contributed by atoms with E-state index in [1.807, 2.05) is 0 Å². The number of hydrogen-bond acceptors (Lipinski definition) is 7. The third-order valence-corrected chi connectivity index (χ3v) is 7.58. The normalized spacial score (nSPS) is 11.7. The highest BCUT2D eigenvalue weighted by Gasteiger charge is 2.20. The highest BCUT2D eigenvalue weighted by molar-refractivity contribution is 7.97. The van der Waals surface area contributed by atoms with Crippen molar-refractivity contribution in [1.82, 2.24) is 14.4 Å². The lowest BCUT2D eigenvalue weighted by Gasteiger charge is -2.13. The molecule has 0 aliphatic carbocycles. The molecule has 0 atom stereocenters. The maximum atomic E-state index is 12.7. The van der Waals surface area contributed by atoms with E-state index in [1.165, 1.54) is 23.1 Å². The van der Waals surface area contributed by atoms with Crippen LogP contribution in [-0.2, 0) is 17.1 Å². The Kier molecular flexibility index (Phi) is 4.50. The molecule has 138 valence electrons. The minimum absolute atomic E-state index is 0.0587. The third-order valence-electron chi connectivity index (χ3n) is 3.79. The monoisotopic (exact) mass is 420 g/mol. The lowest BCUT2D eigenvalue weighted by molar-refractivity contribution is -0.792. The number of thiophene rings is 1. The number of rotatable bonds is 5. The molecule has 0 amide bonds. The number of anilines is 1. The lowest BCUT2D eigenvalue weighted by atomic mass is 10.1. The summed E-state index contributed by atoms with van der Waals surface area (Å²) in [6.07, 6.45) is 1.49. The van der Waals surface area contributed by atoms with Crippen molar-refractivity contribution in [2.45, 2.75) is 9.10 Å². The van der Waals surface area contributed by atoms with Crippen LogP contribution in [0.25, 0.3) is 10.8 Å². The van der Waals surface area contributed by atoms with Crippen LogP contribution in [0.5, 0.6) is 5.75 Å². The second-order valence-electron chi connectivity index (χ2n) is 5.56. The molecule has 0 fully saturated rings. The van der Waals surface area contributed by atoms with Crippen molar-refractivity contribution < 1.29 is 18.3 Å². The van der Waals surface area contributed by atoms with Crippen molar-refractivity contribution in [3.63, 3.8) is 0 Å². The zero-order valence-electron chi connectivity index (χ0n) is 14.0. The smallest absolute Gasteiger partial charge is 0.284 e. The van der Waals surface area contributed by atoms with Gasteiger partial charge in [0, 0.05) is 22.7 Å². The van der Waals surface area contributed by atoms with Crippen LogP contribution in [0.3, 0.4) is 0 Å². The topological polar surface area (TPSA) is 101 Å². The van der Waals surface area contributed by atoms with E-state index in [2.05, 4.69) is 15.0 Å². The molecule has 0 spiro atoms. The Hall–Kier alpha value is -2.63. The first kappa shape index (κ1) is 17.8. The van der Waals surface area contributed by atoms with Gasteiger partial charge in [-0.25, -0.2) is 8.42 Å². The second-order valence-corrected chi connectivity index (χ2v) is 9.41. The van der Waals surface area contributed by atoms with Crippen LogP contribution in [-0.4, -0.2) is 27.9 Å². The first-order valence-corrected chi connectivity index (χ1v) is 10.9. The van der Waals surface area contributed by atoms with E-state index >= 15 is 0 Å². The van der Waals surface area contributed by atoms with Gasteiger partial charge in [0.05, 0.1) is 15.7 Å². The van der Waals surface area contributed by atoms with Gasteiger partial charge in [-0.2, -0.15) is 0 Å². The fourth-order valence-corrected chi connectivity index (χ4v) is 5.41. The summed E-state index contributed by atoms with van der Waals surface area (Å²) in [5.41, 5.74) is 0.384. The van der Waals surface area contributed by atoms with Crippen LogP contribution in [0, 0.1) is 0 Å². The summed E-state index contributed by atoms with van der Waals surface area (Å²) in [4.78, 5) is 1.96.